The van der Waals surface area contributed by atoms with E-state index in [1.165, 1.54) is 49.9 Å². The van der Waals surface area contributed by atoms with Gasteiger partial charge in [-0.05, 0) is 24.3 Å². The summed E-state index contributed by atoms with van der Waals surface area (Å²) in [5, 5.41) is 5.61. The van der Waals surface area contributed by atoms with Crippen LogP contribution in [0.1, 0.15) is 48.9 Å². The van der Waals surface area contributed by atoms with Crippen LogP contribution in [0.25, 0.3) is 21.1 Å². The molecule has 6 nitrogen and oxygen atoms in total. The number of amides is 1. The molecule has 1 saturated carbocycles. The van der Waals surface area contributed by atoms with Crippen molar-refractivity contribution in [2.24, 2.45) is 0 Å². The highest BCUT2D eigenvalue weighted by Gasteiger charge is 2.14. The molecule has 1 fully saturated rings. The Hall–Kier alpha value is -3.06. The van der Waals surface area contributed by atoms with Crippen molar-refractivity contribution in [3.63, 3.8) is 0 Å². The molecule has 3 heterocycles. The molecule has 1 aliphatic rings. The Morgan fingerprint density at radius 1 is 1.03 bits per heavy atom. The third kappa shape index (κ3) is 4.68. The normalized spacial score (nSPS) is 13.7. The van der Waals surface area contributed by atoms with Crippen molar-refractivity contribution < 1.29 is 4.79 Å². The Kier molecular flexibility index (Phi) is 5.95. The molecule has 3 aromatic heterocycles. The number of thiophene rings is 1. The van der Waals surface area contributed by atoms with Crippen molar-refractivity contribution in [2.45, 2.75) is 38.5 Å². The molecule has 0 bridgehead atoms. The van der Waals surface area contributed by atoms with Crippen LogP contribution in [-0.2, 0) is 0 Å². The monoisotopic (exact) mass is 405 g/mol. The molecule has 0 atom stereocenters. The molecule has 0 radical (unpaired) electrons. The molecular weight excluding hydrogens is 382 g/mol. The van der Waals surface area contributed by atoms with E-state index in [-0.39, 0.29) is 11.9 Å². The van der Waals surface area contributed by atoms with Gasteiger partial charge in [-0.1, -0.05) is 44.6 Å². The van der Waals surface area contributed by atoms with Crippen molar-refractivity contribution in [1.82, 2.24) is 15.0 Å². The SMILES string of the molecule is C1CCCCC1.Nc1ncc2scc(C(=O)Nc3ccc4ncccc4c3)c2n1. The van der Waals surface area contributed by atoms with E-state index in [0.717, 1.165) is 15.6 Å². The Balaban J connectivity index is 0.000000294. The number of hydrogen-bond acceptors (Lipinski definition) is 6. The molecule has 1 aliphatic carbocycles. The van der Waals surface area contributed by atoms with Crippen molar-refractivity contribution >= 4 is 50.0 Å². The summed E-state index contributed by atoms with van der Waals surface area (Å²) in [4.78, 5) is 24.9. The zero-order chi connectivity index (χ0) is 20.1. The smallest absolute Gasteiger partial charge is 0.258 e. The summed E-state index contributed by atoms with van der Waals surface area (Å²) in [6.07, 6.45) is 12.4. The first kappa shape index (κ1) is 19.3. The maximum absolute atomic E-state index is 12.5. The van der Waals surface area contributed by atoms with Crippen molar-refractivity contribution in [2.75, 3.05) is 11.1 Å². The number of aromatic nitrogens is 3. The number of nitrogens with one attached hydrogen (secondary N) is 1. The number of carbonyl (C=O) groups excluding carboxylic acids is 1. The summed E-state index contributed by atoms with van der Waals surface area (Å²) in [5.41, 5.74) is 8.26. The van der Waals surface area contributed by atoms with Gasteiger partial charge in [0.15, 0.2) is 0 Å². The highest BCUT2D eigenvalue weighted by Crippen LogP contribution is 2.25. The molecule has 29 heavy (non-hydrogen) atoms. The molecule has 5 rings (SSSR count). The third-order valence-electron chi connectivity index (χ3n) is 4.94. The maximum Gasteiger partial charge on any atom is 0.258 e. The number of benzene rings is 1. The number of nitrogens with two attached hydrogens (primary N) is 1. The molecule has 0 aliphatic heterocycles. The molecule has 7 heteroatoms. The third-order valence-corrected chi connectivity index (χ3v) is 5.84. The van der Waals surface area contributed by atoms with Gasteiger partial charge in [0.25, 0.3) is 5.91 Å². The molecule has 0 unspecified atom stereocenters. The van der Waals surface area contributed by atoms with Gasteiger partial charge in [-0.25, -0.2) is 9.97 Å². The van der Waals surface area contributed by atoms with E-state index in [1.807, 2.05) is 30.3 Å². The average molecular weight is 406 g/mol. The molecule has 1 aromatic carbocycles. The maximum atomic E-state index is 12.5. The summed E-state index contributed by atoms with van der Waals surface area (Å²) in [7, 11) is 0. The highest BCUT2D eigenvalue weighted by atomic mass is 32.1. The van der Waals surface area contributed by atoms with Gasteiger partial charge >= 0.3 is 0 Å². The predicted molar refractivity (Wildman–Crippen MR) is 119 cm³/mol. The first-order valence-corrected chi connectivity index (χ1v) is 10.7. The van der Waals surface area contributed by atoms with Gasteiger partial charge in [0, 0.05) is 22.7 Å². The largest absolute Gasteiger partial charge is 0.368 e. The fourth-order valence-corrected chi connectivity index (χ4v) is 4.26. The van der Waals surface area contributed by atoms with Gasteiger partial charge in [-0.3, -0.25) is 9.78 Å². The van der Waals surface area contributed by atoms with Crippen LogP contribution in [0.15, 0.2) is 48.1 Å². The highest BCUT2D eigenvalue weighted by molar-refractivity contribution is 7.17. The second kappa shape index (κ2) is 8.96. The van der Waals surface area contributed by atoms with E-state index in [1.54, 1.807) is 17.8 Å². The van der Waals surface area contributed by atoms with Crippen molar-refractivity contribution in [3.05, 3.63) is 53.7 Å². The first-order valence-electron chi connectivity index (χ1n) is 9.86. The van der Waals surface area contributed by atoms with E-state index in [4.69, 9.17) is 5.73 Å². The molecule has 1 amide bonds. The lowest BCUT2D eigenvalue weighted by molar-refractivity contribution is 0.102. The van der Waals surface area contributed by atoms with Crippen molar-refractivity contribution in [3.8, 4) is 0 Å². The lowest BCUT2D eigenvalue weighted by Gasteiger charge is -2.05. The Labute approximate surface area is 173 Å². The number of fused-ring (bicyclic) bond motifs is 2. The number of nitrogens with zero attached hydrogens (tertiary/aromatic N) is 3. The summed E-state index contributed by atoms with van der Waals surface area (Å²) in [6, 6.07) is 9.39. The second-order valence-electron chi connectivity index (χ2n) is 7.08. The summed E-state index contributed by atoms with van der Waals surface area (Å²) < 4.78 is 0.826. The van der Waals surface area contributed by atoms with E-state index < -0.39 is 0 Å². The first-order chi connectivity index (χ1) is 14.2. The topological polar surface area (TPSA) is 93.8 Å². The zero-order valence-corrected chi connectivity index (χ0v) is 16.9. The van der Waals surface area contributed by atoms with Crippen LogP contribution >= 0.6 is 11.3 Å². The van der Waals surface area contributed by atoms with Gasteiger partial charge < -0.3 is 11.1 Å². The number of rotatable bonds is 2. The van der Waals surface area contributed by atoms with Crippen LogP contribution in [-0.4, -0.2) is 20.9 Å². The van der Waals surface area contributed by atoms with Crippen LogP contribution in [0.5, 0.6) is 0 Å². The number of hydrogen-bond donors (Lipinski definition) is 2. The minimum Gasteiger partial charge on any atom is -0.368 e. The number of anilines is 2. The Morgan fingerprint density at radius 2 is 1.79 bits per heavy atom. The van der Waals surface area contributed by atoms with Crippen LogP contribution in [0.2, 0.25) is 0 Å². The molecule has 0 spiro atoms. The number of carbonyl (C=O) groups is 1. The zero-order valence-electron chi connectivity index (χ0n) is 16.1. The van der Waals surface area contributed by atoms with Gasteiger partial charge in [0.2, 0.25) is 5.95 Å². The van der Waals surface area contributed by atoms with Gasteiger partial charge in [0.05, 0.1) is 27.5 Å². The van der Waals surface area contributed by atoms with Crippen LogP contribution in [0.3, 0.4) is 0 Å². The minimum absolute atomic E-state index is 0.154. The lowest BCUT2D eigenvalue weighted by Crippen LogP contribution is -2.11. The fourth-order valence-electron chi connectivity index (χ4n) is 3.42. The van der Waals surface area contributed by atoms with Gasteiger partial charge in [-0.2, -0.15) is 0 Å². The molecule has 3 N–H and O–H groups in total. The molecule has 0 saturated heterocycles. The summed E-state index contributed by atoms with van der Waals surface area (Å²) >= 11 is 1.41. The van der Waals surface area contributed by atoms with E-state index in [9.17, 15) is 4.79 Å². The van der Waals surface area contributed by atoms with Crippen LogP contribution in [0.4, 0.5) is 11.6 Å². The van der Waals surface area contributed by atoms with Gasteiger partial charge in [-0.15, -0.1) is 11.3 Å². The standard InChI is InChI=1S/C16H11N5OS.C6H12/c17-16-19-7-13-14(21-16)11(8-23-13)15(22)20-10-3-4-12-9(6-10)2-1-5-18-12;1-2-4-6-5-3-1/h1-8H,(H,20,22)(H2,17,19,21);1-6H2. The Bertz CT molecular complexity index is 1120. The quantitative estimate of drug-likeness (QED) is 0.465. The Morgan fingerprint density at radius 3 is 2.55 bits per heavy atom. The van der Waals surface area contributed by atoms with Crippen LogP contribution < -0.4 is 11.1 Å². The lowest BCUT2D eigenvalue weighted by atomic mass is 10.0. The minimum atomic E-state index is -0.224. The van der Waals surface area contributed by atoms with E-state index in [0.29, 0.717) is 16.8 Å². The van der Waals surface area contributed by atoms with Crippen molar-refractivity contribution in [1.29, 1.82) is 0 Å². The molecule has 4 aromatic rings. The number of nitrogen functional groups attached to an aromatic ring is 1. The number of pyridine rings is 1. The fraction of sp³-hybridized carbons (Fsp3) is 0.273. The van der Waals surface area contributed by atoms with Gasteiger partial charge in [0.1, 0.15) is 0 Å². The molecular formula is C22H23N5OS. The summed E-state index contributed by atoms with van der Waals surface area (Å²) in [6.45, 7) is 0. The average Bonchev–Trinajstić information content (AvgIpc) is 3.18. The predicted octanol–water partition coefficient (Wildman–Crippen LogP) is 5.41. The summed E-state index contributed by atoms with van der Waals surface area (Å²) in [5.74, 6) is -0.0701. The van der Waals surface area contributed by atoms with E-state index >= 15 is 0 Å². The molecule has 148 valence electrons. The van der Waals surface area contributed by atoms with Crippen LogP contribution in [0, 0.1) is 0 Å². The van der Waals surface area contributed by atoms with E-state index in [2.05, 4.69) is 20.3 Å². The second-order valence-corrected chi connectivity index (χ2v) is 7.99.